The predicted octanol–water partition coefficient (Wildman–Crippen LogP) is 3.33. The molecule has 1 amide bonds. The summed E-state index contributed by atoms with van der Waals surface area (Å²) in [6.45, 7) is 4.92. The van der Waals surface area contributed by atoms with Crippen LogP contribution < -0.4 is 15.8 Å². The first kappa shape index (κ1) is 28.0. The third-order valence-electron chi connectivity index (χ3n) is 6.34. The molecular formula is C27H32ClN3O6. The molecule has 10 heteroatoms. The number of ether oxygens (including phenoxy) is 3. The maximum Gasteiger partial charge on any atom is 0.314 e. The largest absolute Gasteiger partial charge is 0.491 e. The number of nitrogens with one attached hydrogen (secondary N) is 2. The first-order valence-corrected chi connectivity index (χ1v) is 11.9. The number of nitrogen functional groups attached to an aromatic ring is 1. The quantitative estimate of drug-likeness (QED) is 0.176. The number of fused-ring (bicyclic) bond motifs is 3. The van der Waals surface area contributed by atoms with Crippen molar-refractivity contribution in [1.29, 1.82) is 5.41 Å². The molecule has 1 saturated heterocycles. The molecule has 4 rings (SSSR count). The van der Waals surface area contributed by atoms with E-state index in [1.165, 1.54) is 0 Å². The van der Waals surface area contributed by atoms with Crippen LogP contribution in [0.1, 0.15) is 50.3 Å². The molecule has 198 valence electrons. The molecule has 2 atom stereocenters. The summed E-state index contributed by atoms with van der Waals surface area (Å²) in [5.74, 6) is -1.06. The third kappa shape index (κ3) is 6.60. The van der Waals surface area contributed by atoms with E-state index in [0.717, 1.165) is 28.7 Å². The number of halogens is 1. The lowest BCUT2D eigenvalue weighted by molar-refractivity contribution is -0.173. The molecule has 1 fully saturated rings. The van der Waals surface area contributed by atoms with Gasteiger partial charge < -0.3 is 25.3 Å². The van der Waals surface area contributed by atoms with Crippen molar-refractivity contribution in [2.45, 2.75) is 46.1 Å². The molecule has 0 radical (unpaired) electrons. The molecule has 0 saturated carbocycles. The van der Waals surface area contributed by atoms with Gasteiger partial charge in [0.15, 0.2) is 0 Å². The van der Waals surface area contributed by atoms with Crippen molar-refractivity contribution in [3.63, 3.8) is 0 Å². The van der Waals surface area contributed by atoms with Crippen molar-refractivity contribution < 1.29 is 28.6 Å². The molecule has 2 aliphatic rings. The summed E-state index contributed by atoms with van der Waals surface area (Å²) < 4.78 is 15.8. The zero-order chi connectivity index (χ0) is 26.0. The number of amidine groups is 1. The maximum atomic E-state index is 12.3. The molecule has 9 nitrogen and oxygen atoms in total. The fraction of sp³-hybridized carbons (Fsp3) is 0.407. The fourth-order valence-corrected chi connectivity index (χ4v) is 4.38. The van der Waals surface area contributed by atoms with E-state index in [1.54, 1.807) is 20.8 Å². The Morgan fingerprint density at radius 1 is 1.08 bits per heavy atom. The van der Waals surface area contributed by atoms with E-state index in [4.69, 9.17) is 25.4 Å². The summed E-state index contributed by atoms with van der Waals surface area (Å²) >= 11 is 0. The van der Waals surface area contributed by atoms with Gasteiger partial charge >= 0.3 is 11.9 Å². The Hall–Kier alpha value is -3.59. The lowest BCUT2D eigenvalue weighted by Crippen LogP contribution is -2.31. The van der Waals surface area contributed by atoms with E-state index in [1.807, 2.05) is 36.4 Å². The average molecular weight is 530 g/mol. The minimum Gasteiger partial charge on any atom is -0.491 e. The second-order valence-corrected chi connectivity index (χ2v) is 10.3. The Labute approximate surface area is 222 Å². The molecule has 1 aliphatic heterocycles. The van der Waals surface area contributed by atoms with Crippen LogP contribution in [-0.4, -0.2) is 43.1 Å². The fourth-order valence-electron chi connectivity index (χ4n) is 4.38. The molecule has 0 spiro atoms. The van der Waals surface area contributed by atoms with Crippen molar-refractivity contribution in [3.05, 3.63) is 53.1 Å². The molecule has 1 aliphatic carbocycles. The zero-order valence-electron chi connectivity index (χ0n) is 21.1. The van der Waals surface area contributed by atoms with Crippen molar-refractivity contribution >= 4 is 36.1 Å². The highest BCUT2D eigenvalue weighted by molar-refractivity contribution is 5.96. The molecular weight excluding hydrogens is 498 g/mol. The summed E-state index contributed by atoms with van der Waals surface area (Å²) in [6, 6.07) is 11.5. The van der Waals surface area contributed by atoms with Crippen LogP contribution in [0.3, 0.4) is 0 Å². The third-order valence-corrected chi connectivity index (χ3v) is 6.34. The molecule has 37 heavy (non-hydrogen) atoms. The number of hydrogen-bond donors (Lipinski definition) is 3. The number of carbonyl (C=O) groups is 3. The van der Waals surface area contributed by atoms with Gasteiger partial charge in [-0.25, -0.2) is 0 Å². The maximum absolute atomic E-state index is 12.3. The summed E-state index contributed by atoms with van der Waals surface area (Å²) in [6.07, 6.45) is 1.09. The van der Waals surface area contributed by atoms with E-state index in [2.05, 4.69) is 5.32 Å². The number of hydrogen-bond acceptors (Lipinski definition) is 7. The summed E-state index contributed by atoms with van der Waals surface area (Å²) in [4.78, 5) is 36.1. The molecule has 2 aromatic rings. The van der Waals surface area contributed by atoms with Crippen LogP contribution >= 0.6 is 12.4 Å². The smallest absolute Gasteiger partial charge is 0.314 e. The van der Waals surface area contributed by atoms with Crippen LogP contribution in [-0.2, 0) is 30.3 Å². The Bertz CT molecular complexity index is 1220. The Morgan fingerprint density at radius 3 is 2.43 bits per heavy atom. The Balaban J connectivity index is 0.00000380. The molecule has 4 N–H and O–H groups in total. The van der Waals surface area contributed by atoms with Crippen molar-refractivity contribution in [1.82, 2.24) is 5.32 Å². The van der Waals surface area contributed by atoms with Crippen molar-refractivity contribution in [2.24, 2.45) is 17.1 Å². The van der Waals surface area contributed by atoms with Gasteiger partial charge in [-0.3, -0.25) is 19.8 Å². The average Bonchev–Trinajstić information content (AvgIpc) is 3.35. The van der Waals surface area contributed by atoms with Gasteiger partial charge in [0.05, 0.1) is 23.8 Å². The van der Waals surface area contributed by atoms with E-state index >= 15 is 0 Å². The zero-order valence-corrected chi connectivity index (χ0v) is 21.9. The number of rotatable bonds is 8. The molecule has 2 aromatic carbocycles. The van der Waals surface area contributed by atoms with Crippen LogP contribution in [0.15, 0.2) is 36.4 Å². The molecule has 0 bridgehead atoms. The van der Waals surface area contributed by atoms with Crippen LogP contribution in [0.25, 0.3) is 11.1 Å². The number of benzene rings is 2. The Morgan fingerprint density at radius 2 is 1.76 bits per heavy atom. The standard InChI is InChI=1S/C27H31N3O6.ClH/c1-27(2,3)26(33)36-14-35-23(31)12-18-10-19(30-25(18)32)13-34-20-5-7-22-17(11-20)9-16-8-15(24(28)29)4-6-21(16)22;/h4-8,11,18-19H,9-10,12-14H2,1-3H3,(H3,28,29)(H,30,32);1H/t18-,19-;/m0./s1. The highest BCUT2D eigenvalue weighted by Gasteiger charge is 2.34. The van der Waals surface area contributed by atoms with Gasteiger partial charge in [-0.2, -0.15) is 0 Å². The van der Waals surface area contributed by atoms with Gasteiger partial charge in [-0.1, -0.05) is 18.2 Å². The number of amides is 1. The highest BCUT2D eigenvalue weighted by Crippen LogP contribution is 2.38. The number of esters is 2. The minimum atomic E-state index is -0.688. The van der Waals surface area contributed by atoms with Crippen molar-refractivity contribution in [3.8, 4) is 16.9 Å². The van der Waals surface area contributed by atoms with Crippen LogP contribution in [0, 0.1) is 16.7 Å². The van der Waals surface area contributed by atoms with Crippen LogP contribution in [0.2, 0.25) is 0 Å². The summed E-state index contributed by atoms with van der Waals surface area (Å²) in [5, 5.41) is 10.5. The summed E-state index contributed by atoms with van der Waals surface area (Å²) in [5.41, 5.74) is 10.2. The van der Waals surface area contributed by atoms with Gasteiger partial charge in [0, 0.05) is 5.56 Å². The first-order valence-electron chi connectivity index (χ1n) is 11.9. The topological polar surface area (TPSA) is 141 Å². The van der Waals surface area contributed by atoms with E-state index in [0.29, 0.717) is 17.7 Å². The number of nitrogens with two attached hydrogens (primary N) is 1. The number of carbonyl (C=O) groups excluding carboxylic acids is 3. The van der Waals surface area contributed by atoms with E-state index < -0.39 is 30.1 Å². The van der Waals surface area contributed by atoms with Gasteiger partial charge in [0.1, 0.15) is 18.2 Å². The molecule has 1 heterocycles. The van der Waals surface area contributed by atoms with Crippen molar-refractivity contribution in [2.75, 3.05) is 13.4 Å². The summed E-state index contributed by atoms with van der Waals surface area (Å²) in [7, 11) is 0. The lowest BCUT2D eigenvalue weighted by atomic mass is 9.98. The van der Waals surface area contributed by atoms with Gasteiger partial charge in [0.25, 0.3) is 0 Å². The lowest BCUT2D eigenvalue weighted by Gasteiger charge is -2.16. The minimum absolute atomic E-state index is 0. The SMILES string of the molecule is CC(C)(C)C(=O)OCOC(=O)C[C@@H]1C[C@@H](COc2ccc3c(c2)Cc2cc(C(=N)N)ccc2-3)NC1=O.Cl. The van der Waals surface area contributed by atoms with Crippen LogP contribution in [0.4, 0.5) is 0 Å². The van der Waals surface area contributed by atoms with Gasteiger partial charge in [-0.15, -0.1) is 12.4 Å². The van der Waals surface area contributed by atoms with Gasteiger partial charge in [0.2, 0.25) is 12.7 Å². The highest BCUT2D eigenvalue weighted by atomic mass is 35.5. The normalized spacial score (nSPS) is 17.6. The monoisotopic (exact) mass is 529 g/mol. The second-order valence-electron chi connectivity index (χ2n) is 10.3. The van der Waals surface area contributed by atoms with E-state index in [-0.39, 0.29) is 43.2 Å². The molecule has 0 unspecified atom stereocenters. The van der Waals surface area contributed by atoms with Gasteiger partial charge in [-0.05, 0) is 74.1 Å². The first-order chi connectivity index (χ1) is 17.0. The second kappa shape index (κ2) is 11.2. The van der Waals surface area contributed by atoms with Crippen LogP contribution in [0.5, 0.6) is 5.75 Å². The predicted molar refractivity (Wildman–Crippen MR) is 140 cm³/mol. The Kier molecular flexibility index (Phi) is 8.48. The van der Waals surface area contributed by atoms with E-state index in [9.17, 15) is 14.4 Å². The molecule has 0 aromatic heterocycles.